The third kappa shape index (κ3) is 26.5. The van der Waals surface area contributed by atoms with Crippen LogP contribution >= 0.6 is 40.4 Å². The Balaban J connectivity index is 0. The summed E-state index contributed by atoms with van der Waals surface area (Å²) in [6, 6.07) is 0. The van der Waals surface area contributed by atoms with Crippen LogP contribution in [0.3, 0.4) is 0 Å². The minimum atomic E-state index is -0.645. The van der Waals surface area contributed by atoms with Gasteiger partial charge in [0.1, 0.15) is 0 Å². The van der Waals surface area contributed by atoms with Gasteiger partial charge in [0.15, 0.2) is 0 Å². The van der Waals surface area contributed by atoms with Crippen LogP contribution < -0.4 is 42.5 Å². The summed E-state index contributed by atoms with van der Waals surface area (Å²) in [5.74, 6) is -2.58. The Labute approximate surface area is 229 Å². The SMILES string of the molecule is O=C1NCCNCCNCCNC(=O)C(=O)NCCNCCNCCNC1=O.[Cl][Cu][Cl].[Cl][Cu][Cl]. The number of hydrogen-bond acceptors (Lipinski definition) is 8. The Bertz CT molecular complexity index is 469. The van der Waals surface area contributed by atoms with Gasteiger partial charge in [0.25, 0.3) is 0 Å². The first-order chi connectivity index (χ1) is 16.4. The van der Waals surface area contributed by atoms with Crippen LogP contribution in [0.25, 0.3) is 0 Å². The van der Waals surface area contributed by atoms with E-state index in [4.69, 9.17) is 0 Å². The van der Waals surface area contributed by atoms with E-state index in [1.165, 1.54) is 0 Å². The van der Waals surface area contributed by atoms with Gasteiger partial charge in [0, 0.05) is 78.5 Å². The minimum absolute atomic E-state index is 0.349. The van der Waals surface area contributed by atoms with Gasteiger partial charge in [-0.3, -0.25) is 19.2 Å². The van der Waals surface area contributed by atoms with Crippen molar-refractivity contribution in [1.29, 1.82) is 0 Å². The van der Waals surface area contributed by atoms with Crippen molar-refractivity contribution in [3.05, 3.63) is 0 Å². The average molecular weight is 669 g/mol. The first kappa shape index (κ1) is 36.1. The van der Waals surface area contributed by atoms with Crippen LogP contribution in [0.4, 0.5) is 0 Å². The molecule has 0 atom stereocenters. The first-order valence-electron chi connectivity index (χ1n) is 10.0. The van der Waals surface area contributed by atoms with Gasteiger partial charge in [0.2, 0.25) is 0 Å². The third-order valence-electron chi connectivity index (χ3n) is 3.72. The predicted molar refractivity (Wildman–Crippen MR) is 127 cm³/mol. The van der Waals surface area contributed by atoms with Gasteiger partial charge in [-0.1, -0.05) is 0 Å². The fourth-order valence-electron chi connectivity index (χ4n) is 2.23. The van der Waals surface area contributed by atoms with E-state index in [1.54, 1.807) is 0 Å². The fraction of sp³-hybridized carbons (Fsp3) is 0.750. The number of amides is 4. The van der Waals surface area contributed by atoms with E-state index in [0.717, 1.165) is 26.3 Å². The molecule has 0 aliphatic carbocycles. The summed E-state index contributed by atoms with van der Waals surface area (Å²) < 4.78 is 0. The number of halogens is 4. The second-order valence-corrected chi connectivity index (χ2v) is 9.22. The van der Waals surface area contributed by atoms with Crippen LogP contribution in [0.15, 0.2) is 0 Å². The number of carbonyl (C=O) groups is 4. The second kappa shape index (κ2) is 29.2. The zero-order valence-electron chi connectivity index (χ0n) is 18.2. The Morgan fingerprint density at radius 1 is 0.382 bits per heavy atom. The first-order valence-corrected chi connectivity index (χ1v) is 15.2. The van der Waals surface area contributed by atoms with Gasteiger partial charge in [-0.05, 0) is 0 Å². The van der Waals surface area contributed by atoms with Crippen molar-refractivity contribution >= 4 is 64.0 Å². The van der Waals surface area contributed by atoms with Crippen molar-refractivity contribution in [2.45, 2.75) is 0 Å². The number of nitrogens with one attached hydrogen (secondary N) is 8. The molecule has 1 rings (SSSR count). The van der Waals surface area contributed by atoms with Gasteiger partial charge < -0.3 is 42.5 Å². The van der Waals surface area contributed by atoms with Gasteiger partial charge in [-0.25, -0.2) is 0 Å². The topological polar surface area (TPSA) is 165 Å². The van der Waals surface area contributed by atoms with Crippen molar-refractivity contribution in [3.63, 3.8) is 0 Å². The molecule has 12 nitrogen and oxygen atoms in total. The Morgan fingerprint density at radius 2 is 0.529 bits per heavy atom. The maximum atomic E-state index is 11.6. The molecule has 0 bridgehead atoms. The standard InChI is InChI=1S/C16H32N8O4.4ClH.2Cu/c25-13-14(26)23-11-7-19-3-4-20-8-12-24-16(28)15(27)22-10-6-18-2-1-17-5-9-21-13;;;;;;/h17-20H,1-12H2,(H,21,25)(H,22,27)(H,23,26)(H,24,28);4*1H;;/q;;;;;2*+2/p-4. The molecule has 210 valence electrons. The van der Waals surface area contributed by atoms with Crippen LogP contribution in [0, 0.1) is 0 Å². The third-order valence-corrected chi connectivity index (χ3v) is 3.72. The summed E-state index contributed by atoms with van der Waals surface area (Å²) in [4.78, 5) is 46.5. The van der Waals surface area contributed by atoms with Crippen molar-refractivity contribution in [1.82, 2.24) is 42.5 Å². The molecule has 0 saturated carbocycles. The summed E-state index contributed by atoms with van der Waals surface area (Å²) in [6.45, 7) is 6.18. The summed E-state index contributed by atoms with van der Waals surface area (Å²) >= 11 is 1.51. The van der Waals surface area contributed by atoms with Crippen molar-refractivity contribution < 1.29 is 45.4 Å². The number of rotatable bonds is 0. The normalized spacial score (nSPS) is 18.9. The maximum absolute atomic E-state index is 11.6. The van der Waals surface area contributed by atoms with E-state index < -0.39 is 23.6 Å². The molecule has 34 heavy (non-hydrogen) atoms. The van der Waals surface area contributed by atoms with E-state index in [-0.39, 0.29) is 0 Å². The summed E-state index contributed by atoms with van der Waals surface area (Å²) in [5, 5.41) is 22.6. The summed E-state index contributed by atoms with van der Waals surface area (Å²) in [7, 11) is 18.7. The van der Waals surface area contributed by atoms with E-state index in [0.29, 0.717) is 78.5 Å². The van der Waals surface area contributed by atoms with Crippen molar-refractivity contribution in [2.24, 2.45) is 0 Å². The zero-order valence-corrected chi connectivity index (χ0v) is 23.1. The number of carbonyl (C=O) groups excluding carboxylic acids is 4. The fourth-order valence-corrected chi connectivity index (χ4v) is 2.23. The van der Waals surface area contributed by atoms with Crippen LogP contribution in [-0.2, 0) is 45.4 Å². The zero-order chi connectivity index (χ0) is 25.9. The van der Waals surface area contributed by atoms with E-state index in [2.05, 4.69) is 82.9 Å². The van der Waals surface area contributed by atoms with Crippen LogP contribution in [-0.4, -0.2) is 102 Å². The molecule has 0 aromatic heterocycles. The molecule has 1 aliphatic rings. The van der Waals surface area contributed by atoms with Gasteiger partial charge in [-0.2, -0.15) is 0 Å². The molecule has 0 unspecified atom stereocenters. The molecule has 1 saturated heterocycles. The van der Waals surface area contributed by atoms with E-state index in [1.807, 2.05) is 0 Å². The molecule has 1 fully saturated rings. The molecule has 0 spiro atoms. The van der Waals surface area contributed by atoms with Crippen LogP contribution in [0.2, 0.25) is 0 Å². The van der Waals surface area contributed by atoms with E-state index in [9.17, 15) is 19.2 Å². The molecule has 0 aromatic carbocycles. The predicted octanol–water partition coefficient (Wildman–Crippen LogP) is -2.42. The van der Waals surface area contributed by atoms with E-state index >= 15 is 0 Å². The molecule has 0 radical (unpaired) electrons. The van der Waals surface area contributed by atoms with Gasteiger partial charge >= 0.3 is 90.3 Å². The molecule has 18 heteroatoms. The summed E-state index contributed by atoms with van der Waals surface area (Å²) in [6.07, 6.45) is 0. The van der Waals surface area contributed by atoms with Crippen molar-refractivity contribution in [2.75, 3.05) is 78.5 Å². The Morgan fingerprint density at radius 3 is 0.706 bits per heavy atom. The Hall–Kier alpha value is -0.0810. The quantitative estimate of drug-likeness (QED) is 0.104. The van der Waals surface area contributed by atoms with Gasteiger partial charge in [0.05, 0.1) is 0 Å². The molecule has 0 aromatic rings. The van der Waals surface area contributed by atoms with Gasteiger partial charge in [-0.15, -0.1) is 0 Å². The number of hydrogen-bond donors (Lipinski definition) is 8. The molecule has 4 amide bonds. The molecular formula is C16H32Cl4Cu2N8O4. The molecule has 8 N–H and O–H groups in total. The van der Waals surface area contributed by atoms with Crippen LogP contribution in [0.5, 0.6) is 0 Å². The summed E-state index contributed by atoms with van der Waals surface area (Å²) in [5.41, 5.74) is 0. The molecule has 1 heterocycles. The average Bonchev–Trinajstić information content (AvgIpc) is 2.81. The molecular weight excluding hydrogens is 637 g/mol. The molecule has 1 aliphatic heterocycles. The second-order valence-electron chi connectivity index (χ2n) is 6.11. The Kier molecular flexibility index (Phi) is 30.9. The van der Waals surface area contributed by atoms with Crippen molar-refractivity contribution in [3.8, 4) is 0 Å². The monoisotopic (exact) mass is 666 g/mol. The van der Waals surface area contributed by atoms with Crippen LogP contribution in [0.1, 0.15) is 0 Å².